The molecule has 0 fully saturated rings. The minimum atomic E-state index is -0.377. The Labute approximate surface area is 172 Å². The lowest BCUT2D eigenvalue weighted by Gasteiger charge is -2.21. The van der Waals surface area contributed by atoms with Crippen LogP contribution in [0.5, 0.6) is 5.75 Å². The number of ether oxygens (including phenoxy) is 1. The molecule has 3 rings (SSSR count). The number of anilines is 1. The number of carbonyl (C=O) groups excluding carboxylic acids is 1. The topological polar surface area (TPSA) is 74.2 Å². The largest absolute Gasteiger partial charge is 0.497 e. The fourth-order valence-corrected chi connectivity index (χ4v) is 3.62. The SMILES string of the molecule is CCC(NC(=O)/C(C#N)=C\Nc1ccc(OC)cc1)c1ccc2c(c1)CCCC2. The van der Waals surface area contributed by atoms with Gasteiger partial charge in [0.2, 0.25) is 0 Å². The monoisotopic (exact) mass is 389 g/mol. The second kappa shape index (κ2) is 9.79. The third-order valence-corrected chi connectivity index (χ3v) is 5.33. The maximum absolute atomic E-state index is 12.7. The molecule has 1 amide bonds. The number of aryl methyl sites for hydroxylation is 2. The summed E-state index contributed by atoms with van der Waals surface area (Å²) in [7, 11) is 1.60. The first kappa shape index (κ1) is 20.5. The van der Waals surface area contributed by atoms with E-state index in [4.69, 9.17) is 4.74 Å². The van der Waals surface area contributed by atoms with Crippen LogP contribution in [0.4, 0.5) is 5.69 Å². The Morgan fingerprint density at radius 3 is 2.55 bits per heavy atom. The predicted octanol–water partition coefficient (Wildman–Crippen LogP) is 4.66. The lowest BCUT2D eigenvalue weighted by Crippen LogP contribution is -2.29. The highest BCUT2D eigenvalue weighted by molar-refractivity contribution is 5.97. The zero-order chi connectivity index (χ0) is 20.6. The van der Waals surface area contributed by atoms with Crippen LogP contribution in [0.3, 0.4) is 0 Å². The molecule has 0 saturated heterocycles. The Hall–Kier alpha value is -3.26. The lowest BCUT2D eigenvalue weighted by atomic mass is 9.88. The number of methoxy groups -OCH3 is 1. The average molecular weight is 389 g/mol. The molecule has 5 nitrogen and oxygen atoms in total. The number of hydrogen-bond donors (Lipinski definition) is 2. The summed E-state index contributed by atoms with van der Waals surface area (Å²) in [6.45, 7) is 2.04. The first-order valence-electron chi connectivity index (χ1n) is 10.1. The fourth-order valence-electron chi connectivity index (χ4n) is 3.62. The Morgan fingerprint density at radius 2 is 1.90 bits per heavy atom. The molecule has 0 bridgehead atoms. The summed E-state index contributed by atoms with van der Waals surface area (Å²) < 4.78 is 5.13. The van der Waals surface area contributed by atoms with E-state index in [2.05, 4.69) is 28.8 Å². The Morgan fingerprint density at radius 1 is 1.17 bits per heavy atom. The van der Waals surface area contributed by atoms with Gasteiger partial charge in [-0.25, -0.2) is 0 Å². The summed E-state index contributed by atoms with van der Waals surface area (Å²) in [5.41, 5.74) is 4.72. The van der Waals surface area contributed by atoms with Gasteiger partial charge in [0.05, 0.1) is 13.2 Å². The molecule has 1 atom stereocenters. The van der Waals surface area contributed by atoms with Crippen molar-refractivity contribution in [3.05, 3.63) is 70.9 Å². The van der Waals surface area contributed by atoms with Crippen LogP contribution in [0.2, 0.25) is 0 Å². The highest BCUT2D eigenvalue weighted by atomic mass is 16.5. The number of amides is 1. The number of fused-ring (bicyclic) bond motifs is 1. The van der Waals surface area contributed by atoms with Gasteiger partial charge < -0.3 is 15.4 Å². The summed E-state index contributed by atoms with van der Waals surface area (Å²) >= 11 is 0. The minimum Gasteiger partial charge on any atom is -0.497 e. The number of nitriles is 1. The van der Waals surface area contributed by atoms with Crippen molar-refractivity contribution < 1.29 is 9.53 Å². The summed E-state index contributed by atoms with van der Waals surface area (Å²) in [5.74, 6) is 0.367. The number of carbonyl (C=O) groups is 1. The van der Waals surface area contributed by atoms with Gasteiger partial charge in [-0.15, -0.1) is 0 Å². The molecule has 29 heavy (non-hydrogen) atoms. The van der Waals surface area contributed by atoms with E-state index in [1.165, 1.54) is 30.2 Å². The number of hydrogen-bond acceptors (Lipinski definition) is 4. The zero-order valence-electron chi connectivity index (χ0n) is 17.0. The molecule has 1 aliphatic carbocycles. The first-order chi connectivity index (χ1) is 14.1. The van der Waals surface area contributed by atoms with Crippen molar-refractivity contribution in [2.75, 3.05) is 12.4 Å². The standard InChI is InChI=1S/C24H27N3O2/c1-3-23(19-9-8-17-6-4-5-7-18(17)14-19)27-24(28)20(15-25)16-26-21-10-12-22(29-2)13-11-21/h8-14,16,23,26H,3-7H2,1-2H3,(H,27,28)/b20-16-. The number of nitrogens with zero attached hydrogens (tertiary/aromatic N) is 1. The molecule has 150 valence electrons. The van der Waals surface area contributed by atoms with Crippen molar-refractivity contribution in [2.45, 2.75) is 45.1 Å². The molecule has 0 heterocycles. The Balaban J connectivity index is 1.69. The number of nitrogens with one attached hydrogen (secondary N) is 2. The molecule has 1 unspecified atom stereocenters. The third kappa shape index (κ3) is 5.17. The number of rotatable bonds is 7. The van der Waals surface area contributed by atoms with Gasteiger partial charge in [-0.2, -0.15) is 5.26 Å². The van der Waals surface area contributed by atoms with E-state index in [0.717, 1.165) is 36.3 Å². The molecule has 0 aliphatic heterocycles. The summed E-state index contributed by atoms with van der Waals surface area (Å²) in [5, 5.41) is 15.4. The average Bonchev–Trinajstić information content (AvgIpc) is 2.78. The van der Waals surface area contributed by atoms with Gasteiger partial charge in [0.15, 0.2) is 0 Å². The molecule has 2 aromatic carbocycles. The smallest absolute Gasteiger partial charge is 0.263 e. The summed E-state index contributed by atoms with van der Waals surface area (Å²) in [6, 6.07) is 15.6. The van der Waals surface area contributed by atoms with Gasteiger partial charge in [-0.05, 0) is 73.1 Å². The van der Waals surface area contributed by atoms with E-state index in [1.807, 2.05) is 37.3 Å². The second-order valence-corrected chi connectivity index (χ2v) is 7.21. The van der Waals surface area contributed by atoms with Crippen LogP contribution in [0.25, 0.3) is 0 Å². The van der Waals surface area contributed by atoms with Gasteiger partial charge in [0, 0.05) is 11.9 Å². The van der Waals surface area contributed by atoms with Gasteiger partial charge >= 0.3 is 0 Å². The molecule has 2 aromatic rings. The quantitative estimate of drug-likeness (QED) is 0.533. The minimum absolute atomic E-state index is 0.0391. The van der Waals surface area contributed by atoms with Gasteiger partial charge in [-0.3, -0.25) is 4.79 Å². The van der Waals surface area contributed by atoms with Gasteiger partial charge in [-0.1, -0.05) is 25.1 Å². The van der Waals surface area contributed by atoms with E-state index < -0.39 is 0 Å². The molecule has 0 saturated carbocycles. The normalized spacial score (nSPS) is 14.3. The lowest BCUT2D eigenvalue weighted by molar-refractivity contribution is -0.117. The first-order valence-corrected chi connectivity index (χ1v) is 10.1. The molecular weight excluding hydrogens is 362 g/mol. The van der Waals surface area contributed by atoms with Crippen LogP contribution >= 0.6 is 0 Å². The van der Waals surface area contributed by atoms with Crippen molar-refractivity contribution in [2.24, 2.45) is 0 Å². The maximum Gasteiger partial charge on any atom is 0.263 e. The van der Waals surface area contributed by atoms with E-state index in [0.29, 0.717) is 0 Å². The van der Waals surface area contributed by atoms with Crippen molar-refractivity contribution in [1.29, 1.82) is 5.26 Å². The van der Waals surface area contributed by atoms with Crippen LogP contribution in [0.1, 0.15) is 48.9 Å². The predicted molar refractivity (Wildman–Crippen MR) is 115 cm³/mol. The molecule has 1 aliphatic rings. The maximum atomic E-state index is 12.7. The van der Waals surface area contributed by atoms with Crippen molar-refractivity contribution >= 4 is 11.6 Å². The fraction of sp³-hybridized carbons (Fsp3) is 0.333. The van der Waals surface area contributed by atoms with E-state index in [-0.39, 0.29) is 17.5 Å². The molecule has 0 spiro atoms. The van der Waals surface area contributed by atoms with E-state index in [1.54, 1.807) is 7.11 Å². The van der Waals surface area contributed by atoms with Crippen LogP contribution in [-0.4, -0.2) is 13.0 Å². The van der Waals surface area contributed by atoms with E-state index >= 15 is 0 Å². The third-order valence-electron chi connectivity index (χ3n) is 5.33. The second-order valence-electron chi connectivity index (χ2n) is 7.21. The van der Waals surface area contributed by atoms with E-state index in [9.17, 15) is 10.1 Å². The van der Waals surface area contributed by atoms with Crippen molar-refractivity contribution in [3.8, 4) is 11.8 Å². The zero-order valence-corrected chi connectivity index (χ0v) is 17.0. The van der Waals surface area contributed by atoms with Crippen LogP contribution in [0, 0.1) is 11.3 Å². The molecule has 0 radical (unpaired) electrons. The van der Waals surface area contributed by atoms with Crippen molar-refractivity contribution in [3.63, 3.8) is 0 Å². The Kier molecular flexibility index (Phi) is 6.91. The molecule has 0 aromatic heterocycles. The van der Waals surface area contributed by atoms with Crippen LogP contribution < -0.4 is 15.4 Å². The molecular formula is C24H27N3O2. The summed E-state index contributed by atoms with van der Waals surface area (Å²) in [4.78, 5) is 12.7. The Bertz CT molecular complexity index is 926. The molecule has 5 heteroatoms. The summed E-state index contributed by atoms with van der Waals surface area (Å²) in [6.07, 6.45) is 6.90. The van der Waals surface area contributed by atoms with Gasteiger partial charge in [0.25, 0.3) is 5.91 Å². The van der Waals surface area contributed by atoms with Gasteiger partial charge in [0.1, 0.15) is 17.4 Å². The highest BCUT2D eigenvalue weighted by Gasteiger charge is 2.18. The highest BCUT2D eigenvalue weighted by Crippen LogP contribution is 2.26. The number of benzene rings is 2. The van der Waals surface area contributed by atoms with Crippen molar-refractivity contribution in [1.82, 2.24) is 5.32 Å². The van der Waals surface area contributed by atoms with Crippen LogP contribution in [-0.2, 0) is 17.6 Å². The van der Waals surface area contributed by atoms with Crippen LogP contribution in [0.15, 0.2) is 54.2 Å². The molecule has 2 N–H and O–H groups in total.